The second kappa shape index (κ2) is 5.78. The molecule has 1 aliphatic carbocycles. The van der Waals surface area contributed by atoms with Crippen LogP contribution in [0.25, 0.3) is 0 Å². The maximum absolute atomic E-state index is 12.8. The fourth-order valence-corrected chi connectivity index (χ4v) is 4.27. The molecule has 2 aliphatic heterocycles. The Labute approximate surface area is 125 Å². The van der Waals surface area contributed by atoms with Crippen molar-refractivity contribution in [3.05, 3.63) is 0 Å². The highest BCUT2D eigenvalue weighted by atomic mass is 16.2. The molecule has 2 heterocycles. The van der Waals surface area contributed by atoms with E-state index < -0.39 is 6.04 Å². The Morgan fingerprint density at radius 1 is 1.05 bits per heavy atom. The molecule has 0 aromatic heterocycles. The minimum absolute atomic E-state index is 0.0322. The van der Waals surface area contributed by atoms with E-state index in [1.807, 2.05) is 4.90 Å². The van der Waals surface area contributed by atoms with E-state index in [9.17, 15) is 14.4 Å². The summed E-state index contributed by atoms with van der Waals surface area (Å²) in [6.45, 7) is 2.48. The number of rotatable bonds is 2. The summed E-state index contributed by atoms with van der Waals surface area (Å²) in [5, 5.41) is 0. The van der Waals surface area contributed by atoms with Crippen molar-refractivity contribution in [2.75, 3.05) is 6.54 Å². The number of likely N-dealkylation sites (tertiary alicyclic amines) is 2. The summed E-state index contributed by atoms with van der Waals surface area (Å²) in [5.41, 5.74) is 0. The largest absolute Gasteiger partial charge is 0.338 e. The van der Waals surface area contributed by atoms with Crippen molar-refractivity contribution in [3.63, 3.8) is 0 Å². The van der Waals surface area contributed by atoms with Crippen LogP contribution in [-0.4, -0.2) is 46.1 Å². The highest BCUT2D eigenvalue weighted by molar-refractivity contribution is 6.05. The third-order valence-electron chi connectivity index (χ3n) is 5.36. The van der Waals surface area contributed by atoms with Gasteiger partial charge in [0.25, 0.3) is 0 Å². The molecule has 5 nitrogen and oxygen atoms in total. The van der Waals surface area contributed by atoms with Crippen molar-refractivity contribution in [1.82, 2.24) is 9.80 Å². The summed E-state index contributed by atoms with van der Waals surface area (Å²) in [6.07, 6.45) is 7.50. The van der Waals surface area contributed by atoms with Crippen molar-refractivity contribution in [1.29, 1.82) is 0 Å². The van der Waals surface area contributed by atoms with E-state index in [0.717, 1.165) is 19.4 Å². The molecule has 2 saturated heterocycles. The molecular weight excluding hydrogens is 268 g/mol. The van der Waals surface area contributed by atoms with Gasteiger partial charge in [0.2, 0.25) is 17.7 Å². The molecule has 3 atom stereocenters. The normalized spacial score (nSPS) is 31.3. The first-order valence-corrected chi connectivity index (χ1v) is 8.25. The van der Waals surface area contributed by atoms with Crippen LogP contribution in [-0.2, 0) is 14.4 Å². The van der Waals surface area contributed by atoms with Crippen LogP contribution in [0.4, 0.5) is 0 Å². The van der Waals surface area contributed by atoms with Gasteiger partial charge in [0.15, 0.2) is 0 Å². The summed E-state index contributed by atoms with van der Waals surface area (Å²) in [7, 11) is 0. The Balaban J connectivity index is 1.74. The van der Waals surface area contributed by atoms with Crippen LogP contribution in [0.2, 0.25) is 0 Å². The first-order chi connectivity index (χ1) is 10.1. The number of piperidine rings is 1. The van der Waals surface area contributed by atoms with E-state index in [1.54, 1.807) is 6.92 Å². The van der Waals surface area contributed by atoms with Gasteiger partial charge in [0, 0.05) is 25.4 Å². The van der Waals surface area contributed by atoms with E-state index in [0.29, 0.717) is 12.0 Å². The van der Waals surface area contributed by atoms with Crippen LogP contribution in [0.1, 0.15) is 58.3 Å². The zero-order chi connectivity index (χ0) is 15.0. The lowest BCUT2D eigenvalue weighted by molar-refractivity contribution is -0.153. The molecule has 3 unspecified atom stereocenters. The van der Waals surface area contributed by atoms with Gasteiger partial charge in [-0.05, 0) is 38.5 Å². The number of carbonyl (C=O) groups is 3. The minimum Gasteiger partial charge on any atom is -0.338 e. The molecule has 0 bridgehead atoms. The van der Waals surface area contributed by atoms with E-state index >= 15 is 0 Å². The van der Waals surface area contributed by atoms with E-state index in [-0.39, 0.29) is 30.6 Å². The topological polar surface area (TPSA) is 57.7 Å². The maximum atomic E-state index is 12.8. The third-order valence-corrected chi connectivity index (χ3v) is 5.36. The second-order valence-electron chi connectivity index (χ2n) is 6.62. The summed E-state index contributed by atoms with van der Waals surface area (Å²) < 4.78 is 0. The molecule has 3 fully saturated rings. The number of nitrogens with zero attached hydrogens (tertiary/aromatic N) is 2. The number of imide groups is 1. The molecule has 0 radical (unpaired) electrons. The lowest BCUT2D eigenvalue weighted by Gasteiger charge is -2.45. The second-order valence-corrected chi connectivity index (χ2v) is 6.62. The Kier molecular flexibility index (Phi) is 4.00. The van der Waals surface area contributed by atoms with Gasteiger partial charge in [-0.3, -0.25) is 19.3 Å². The first kappa shape index (κ1) is 14.5. The quantitative estimate of drug-likeness (QED) is 0.728. The van der Waals surface area contributed by atoms with Crippen molar-refractivity contribution >= 4 is 17.7 Å². The molecule has 5 heteroatoms. The Morgan fingerprint density at radius 3 is 2.38 bits per heavy atom. The number of hydrogen-bond donors (Lipinski definition) is 0. The SMILES string of the molecule is CC(C(=O)N1CCCC2CCCCC21)N1C(=O)CCC1=O. The predicted molar refractivity (Wildman–Crippen MR) is 77.2 cm³/mol. The summed E-state index contributed by atoms with van der Waals surface area (Å²) in [5.74, 6) is 0.194. The molecule has 3 aliphatic rings. The van der Waals surface area contributed by atoms with Crippen LogP contribution >= 0.6 is 0 Å². The third kappa shape index (κ3) is 2.58. The van der Waals surface area contributed by atoms with E-state index in [4.69, 9.17) is 0 Å². The Bertz CT molecular complexity index is 444. The highest BCUT2D eigenvalue weighted by Crippen LogP contribution is 2.36. The van der Waals surface area contributed by atoms with E-state index in [2.05, 4.69) is 0 Å². The summed E-state index contributed by atoms with van der Waals surface area (Å²) in [6, 6.07) is -0.302. The zero-order valence-electron chi connectivity index (χ0n) is 12.7. The van der Waals surface area contributed by atoms with Crippen molar-refractivity contribution in [3.8, 4) is 0 Å². The maximum Gasteiger partial charge on any atom is 0.245 e. The number of fused-ring (bicyclic) bond motifs is 1. The lowest BCUT2D eigenvalue weighted by atomic mass is 9.78. The molecule has 116 valence electrons. The van der Waals surface area contributed by atoms with Crippen molar-refractivity contribution in [2.45, 2.75) is 70.4 Å². The van der Waals surface area contributed by atoms with Gasteiger partial charge in [-0.1, -0.05) is 12.8 Å². The summed E-state index contributed by atoms with van der Waals surface area (Å²) in [4.78, 5) is 39.6. The first-order valence-electron chi connectivity index (χ1n) is 8.25. The average molecular weight is 292 g/mol. The number of carbonyl (C=O) groups excluding carboxylic acids is 3. The van der Waals surface area contributed by atoms with Crippen LogP contribution in [0.5, 0.6) is 0 Å². The van der Waals surface area contributed by atoms with Gasteiger partial charge in [-0.25, -0.2) is 0 Å². The van der Waals surface area contributed by atoms with Gasteiger partial charge in [0.1, 0.15) is 6.04 Å². The smallest absolute Gasteiger partial charge is 0.245 e. The predicted octanol–water partition coefficient (Wildman–Crippen LogP) is 1.71. The van der Waals surface area contributed by atoms with Crippen LogP contribution < -0.4 is 0 Å². The molecule has 21 heavy (non-hydrogen) atoms. The lowest BCUT2D eigenvalue weighted by Crippen LogP contribution is -2.56. The molecular formula is C16H24N2O3. The highest BCUT2D eigenvalue weighted by Gasteiger charge is 2.42. The van der Waals surface area contributed by atoms with E-state index in [1.165, 1.54) is 30.6 Å². The van der Waals surface area contributed by atoms with Gasteiger partial charge < -0.3 is 4.90 Å². The summed E-state index contributed by atoms with van der Waals surface area (Å²) >= 11 is 0. The molecule has 0 spiro atoms. The van der Waals surface area contributed by atoms with Gasteiger partial charge in [-0.2, -0.15) is 0 Å². The van der Waals surface area contributed by atoms with Crippen LogP contribution in [0, 0.1) is 5.92 Å². The molecule has 3 rings (SSSR count). The standard InChI is InChI=1S/C16H24N2O3/c1-11(18-14(19)8-9-15(18)20)16(21)17-10-4-6-12-5-2-3-7-13(12)17/h11-13H,2-10H2,1H3. The fraction of sp³-hybridized carbons (Fsp3) is 0.812. The number of amides is 3. The Hall–Kier alpha value is -1.39. The molecule has 0 N–H and O–H groups in total. The van der Waals surface area contributed by atoms with Crippen molar-refractivity contribution in [2.24, 2.45) is 5.92 Å². The van der Waals surface area contributed by atoms with Gasteiger partial charge >= 0.3 is 0 Å². The number of hydrogen-bond acceptors (Lipinski definition) is 3. The zero-order valence-corrected chi connectivity index (χ0v) is 12.7. The molecule has 3 amide bonds. The van der Waals surface area contributed by atoms with Gasteiger partial charge in [-0.15, -0.1) is 0 Å². The van der Waals surface area contributed by atoms with Crippen LogP contribution in [0.3, 0.4) is 0 Å². The minimum atomic E-state index is -0.631. The monoisotopic (exact) mass is 292 g/mol. The van der Waals surface area contributed by atoms with Crippen LogP contribution in [0.15, 0.2) is 0 Å². The molecule has 1 saturated carbocycles. The fourth-order valence-electron chi connectivity index (χ4n) is 4.27. The molecule has 0 aromatic rings. The average Bonchev–Trinajstić information content (AvgIpc) is 2.84. The van der Waals surface area contributed by atoms with Crippen molar-refractivity contribution < 1.29 is 14.4 Å². The van der Waals surface area contributed by atoms with Gasteiger partial charge in [0.05, 0.1) is 0 Å². The molecule has 0 aromatic carbocycles. The Morgan fingerprint density at radius 2 is 1.67 bits per heavy atom.